The number of alkyl halides is 1. The lowest BCUT2D eigenvalue weighted by molar-refractivity contribution is 0.0759. The molecule has 0 aromatic carbocycles. The van der Waals surface area contributed by atoms with Gasteiger partial charge in [0.25, 0.3) is 5.91 Å². The molecule has 3 nitrogen and oxygen atoms in total. The Morgan fingerprint density at radius 1 is 1.50 bits per heavy atom. The Labute approximate surface area is 105 Å². The van der Waals surface area contributed by atoms with Crippen LogP contribution >= 0.6 is 15.9 Å². The average molecular weight is 285 g/mol. The lowest BCUT2D eigenvalue weighted by Gasteiger charge is -2.19. The summed E-state index contributed by atoms with van der Waals surface area (Å²) < 4.78 is 0. The maximum Gasteiger partial charge on any atom is 0.272 e. The van der Waals surface area contributed by atoms with Gasteiger partial charge in [0.2, 0.25) is 0 Å². The molecule has 0 atom stereocenters. The Morgan fingerprint density at radius 2 is 2.25 bits per heavy atom. The number of carbonyl (C=O) groups excluding carboxylic acids is 1. The Balaban J connectivity index is 2.74. The summed E-state index contributed by atoms with van der Waals surface area (Å²) in [5, 5.41) is 0.915. The van der Waals surface area contributed by atoms with Crippen molar-refractivity contribution in [1.82, 2.24) is 9.88 Å². The van der Waals surface area contributed by atoms with Crippen molar-refractivity contribution in [2.75, 3.05) is 18.4 Å². The van der Waals surface area contributed by atoms with Gasteiger partial charge >= 0.3 is 0 Å². The van der Waals surface area contributed by atoms with Gasteiger partial charge in [0.15, 0.2) is 0 Å². The third-order valence-electron chi connectivity index (χ3n) is 2.34. The Bertz CT molecular complexity index is 355. The van der Waals surface area contributed by atoms with Crippen LogP contribution in [0.2, 0.25) is 0 Å². The van der Waals surface area contributed by atoms with Gasteiger partial charge in [-0.15, -0.1) is 0 Å². The molecule has 1 aromatic rings. The molecular formula is C12H17BrN2O. The number of pyridine rings is 1. The van der Waals surface area contributed by atoms with Gasteiger partial charge in [-0.3, -0.25) is 4.79 Å². The minimum absolute atomic E-state index is 0.0205. The van der Waals surface area contributed by atoms with Crippen LogP contribution in [0.1, 0.15) is 29.5 Å². The Hall–Kier alpha value is -0.900. The largest absolute Gasteiger partial charge is 0.338 e. The monoisotopic (exact) mass is 284 g/mol. The number of aromatic nitrogens is 1. The standard InChI is InChI=1S/C12H17BrN2O/c1-3-15(9-5-8-13)12(16)11-7-4-6-10(2)14-11/h4,6-7H,3,5,8-9H2,1-2H3. The van der Waals surface area contributed by atoms with E-state index in [9.17, 15) is 4.79 Å². The summed E-state index contributed by atoms with van der Waals surface area (Å²) in [7, 11) is 0. The number of amides is 1. The Morgan fingerprint density at radius 3 is 2.81 bits per heavy atom. The number of hydrogen-bond acceptors (Lipinski definition) is 2. The van der Waals surface area contributed by atoms with Gasteiger partial charge < -0.3 is 4.90 Å². The SMILES string of the molecule is CCN(CCCBr)C(=O)c1cccc(C)n1. The van der Waals surface area contributed by atoms with Crippen molar-refractivity contribution in [3.8, 4) is 0 Å². The van der Waals surface area contributed by atoms with Crippen LogP contribution in [0.3, 0.4) is 0 Å². The second-order valence-corrected chi connectivity index (χ2v) is 4.38. The van der Waals surface area contributed by atoms with Gasteiger partial charge in [-0.2, -0.15) is 0 Å². The Kier molecular flexibility index (Phi) is 5.46. The van der Waals surface area contributed by atoms with E-state index in [1.807, 2.05) is 30.9 Å². The van der Waals surface area contributed by atoms with Crippen molar-refractivity contribution in [1.29, 1.82) is 0 Å². The minimum atomic E-state index is 0.0205. The smallest absolute Gasteiger partial charge is 0.272 e. The number of nitrogens with zero attached hydrogens (tertiary/aromatic N) is 2. The van der Waals surface area contributed by atoms with Crippen LogP contribution in [-0.2, 0) is 0 Å². The summed E-state index contributed by atoms with van der Waals surface area (Å²) in [6.45, 7) is 5.38. The first kappa shape index (κ1) is 13.2. The zero-order valence-electron chi connectivity index (χ0n) is 9.74. The zero-order valence-corrected chi connectivity index (χ0v) is 11.3. The average Bonchev–Trinajstić information content (AvgIpc) is 2.29. The quantitative estimate of drug-likeness (QED) is 0.779. The fraction of sp³-hybridized carbons (Fsp3) is 0.500. The normalized spacial score (nSPS) is 10.2. The molecule has 1 heterocycles. The summed E-state index contributed by atoms with van der Waals surface area (Å²) in [6.07, 6.45) is 0.964. The van der Waals surface area contributed by atoms with Crippen LogP contribution in [0.4, 0.5) is 0 Å². The predicted molar refractivity (Wildman–Crippen MR) is 69.0 cm³/mol. The fourth-order valence-electron chi connectivity index (χ4n) is 1.48. The maximum absolute atomic E-state index is 12.1. The van der Waals surface area contributed by atoms with Gasteiger partial charge in [0, 0.05) is 24.1 Å². The molecule has 0 N–H and O–H groups in total. The van der Waals surface area contributed by atoms with Gasteiger partial charge in [-0.25, -0.2) is 4.98 Å². The van der Waals surface area contributed by atoms with E-state index >= 15 is 0 Å². The second-order valence-electron chi connectivity index (χ2n) is 3.59. The van der Waals surface area contributed by atoms with Crippen LogP contribution in [0.15, 0.2) is 18.2 Å². The molecule has 0 saturated carbocycles. The van der Waals surface area contributed by atoms with Crippen molar-refractivity contribution in [2.45, 2.75) is 20.3 Å². The highest BCUT2D eigenvalue weighted by Gasteiger charge is 2.14. The summed E-state index contributed by atoms with van der Waals surface area (Å²) in [5.41, 5.74) is 1.42. The van der Waals surface area contributed by atoms with Crippen LogP contribution in [-0.4, -0.2) is 34.2 Å². The molecule has 1 aromatic heterocycles. The molecule has 16 heavy (non-hydrogen) atoms. The summed E-state index contributed by atoms with van der Waals surface area (Å²) >= 11 is 3.37. The molecule has 0 aliphatic rings. The fourth-order valence-corrected chi connectivity index (χ4v) is 1.73. The van der Waals surface area contributed by atoms with E-state index in [1.165, 1.54) is 0 Å². The first-order chi connectivity index (χ1) is 7.69. The van der Waals surface area contributed by atoms with E-state index in [0.717, 1.165) is 30.5 Å². The third kappa shape index (κ3) is 3.59. The van der Waals surface area contributed by atoms with Crippen LogP contribution < -0.4 is 0 Å². The first-order valence-corrected chi connectivity index (χ1v) is 6.60. The number of hydrogen-bond donors (Lipinski definition) is 0. The number of aryl methyl sites for hydroxylation is 1. The second kappa shape index (κ2) is 6.63. The molecule has 0 aliphatic carbocycles. The van der Waals surface area contributed by atoms with Crippen LogP contribution in [0.5, 0.6) is 0 Å². The molecule has 0 fully saturated rings. The molecule has 88 valence electrons. The van der Waals surface area contributed by atoms with Crippen molar-refractivity contribution in [3.05, 3.63) is 29.6 Å². The molecule has 0 radical (unpaired) electrons. The highest BCUT2D eigenvalue weighted by atomic mass is 79.9. The number of rotatable bonds is 5. The molecule has 0 bridgehead atoms. The van der Waals surface area contributed by atoms with E-state index < -0.39 is 0 Å². The lowest BCUT2D eigenvalue weighted by atomic mass is 10.2. The van der Waals surface area contributed by atoms with Crippen molar-refractivity contribution in [2.24, 2.45) is 0 Å². The molecule has 0 saturated heterocycles. The van der Waals surface area contributed by atoms with E-state index in [1.54, 1.807) is 6.07 Å². The molecule has 1 rings (SSSR count). The molecule has 0 unspecified atom stereocenters. The predicted octanol–water partition coefficient (Wildman–Crippen LogP) is 2.64. The van der Waals surface area contributed by atoms with Gasteiger partial charge in [-0.1, -0.05) is 22.0 Å². The maximum atomic E-state index is 12.1. The third-order valence-corrected chi connectivity index (χ3v) is 2.90. The van der Waals surface area contributed by atoms with Crippen molar-refractivity contribution < 1.29 is 4.79 Å². The molecule has 0 aliphatic heterocycles. The zero-order chi connectivity index (χ0) is 12.0. The highest BCUT2D eigenvalue weighted by Crippen LogP contribution is 2.04. The van der Waals surface area contributed by atoms with Gasteiger partial charge in [0.05, 0.1) is 0 Å². The topological polar surface area (TPSA) is 33.2 Å². The highest BCUT2D eigenvalue weighted by molar-refractivity contribution is 9.09. The molecule has 4 heteroatoms. The van der Waals surface area contributed by atoms with Gasteiger partial charge in [-0.05, 0) is 32.4 Å². The molecule has 0 spiro atoms. The van der Waals surface area contributed by atoms with Gasteiger partial charge in [0.1, 0.15) is 5.69 Å². The summed E-state index contributed by atoms with van der Waals surface area (Å²) in [5.74, 6) is 0.0205. The van der Waals surface area contributed by atoms with E-state index in [0.29, 0.717) is 5.69 Å². The van der Waals surface area contributed by atoms with Crippen molar-refractivity contribution >= 4 is 21.8 Å². The number of carbonyl (C=O) groups is 1. The summed E-state index contributed by atoms with van der Waals surface area (Å²) in [6, 6.07) is 5.53. The van der Waals surface area contributed by atoms with Crippen molar-refractivity contribution in [3.63, 3.8) is 0 Å². The van der Waals surface area contributed by atoms with Crippen LogP contribution in [0.25, 0.3) is 0 Å². The van der Waals surface area contributed by atoms with E-state index in [2.05, 4.69) is 20.9 Å². The van der Waals surface area contributed by atoms with Crippen LogP contribution in [0, 0.1) is 6.92 Å². The summed E-state index contributed by atoms with van der Waals surface area (Å²) in [4.78, 5) is 18.2. The number of halogens is 1. The van der Waals surface area contributed by atoms with E-state index in [4.69, 9.17) is 0 Å². The van der Waals surface area contributed by atoms with E-state index in [-0.39, 0.29) is 5.91 Å². The minimum Gasteiger partial charge on any atom is -0.338 e. The first-order valence-electron chi connectivity index (χ1n) is 5.48. The molecular weight excluding hydrogens is 268 g/mol. The lowest BCUT2D eigenvalue weighted by Crippen LogP contribution is -2.32. The molecule has 1 amide bonds.